The molecule has 0 aliphatic heterocycles. The smallest absolute Gasteiger partial charge is 0.410 e. The van der Waals surface area contributed by atoms with E-state index in [1.54, 1.807) is 24.3 Å². The van der Waals surface area contributed by atoms with E-state index in [9.17, 15) is 14.4 Å². The first-order valence-corrected chi connectivity index (χ1v) is 8.34. The number of hydrogen-bond donors (Lipinski definition) is 1. The summed E-state index contributed by atoms with van der Waals surface area (Å²) in [5.74, 6) is 0.731. The van der Waals surface area contributed by atoms with Crippen LogP contribution in [0.25, 0.3) is 0 Å². The molecule has 0 aromatic heterocycles. The molecule has 25 heavy (non-hydrogen) atoms. The van der Waals surface area contributed by atoms with Crippen LogP contribution in [0.5, 0.6) is 5.75 Å². The van der Waals surface area contributed by atoms with E-state index in [-0.39, 0.29) is 5.92 Å². The number of isocyanates is 2. The van der Waals surface area contributed by atoms with Crippen LogP contribution in [0.3, 0.4) is 0 Å². The zero-order valence-electron chi connectivity index (χ0n) is 14.1. The predicted molar refractivity (Wildman–Crippen MR) is 93.0 cm³/mol. The van der Waals surface area contributed by atoms with E-state index in [1.165, 1.54) is 12.2 Å². The Kier molecular flexibility index (Phi) is 11.1. The summed E-state index contributed by atoms with van der Waals surface area (Å²) >= 11 is 0. The lowest BCUT2D eigenvalue weighted by Gasteiger charge is -2.17. The third kappa shape index (κ3) is 10.6. The van der Waals surface area contributed by atoms with Crippen LogP contribution in [-0.4, -0.2) is 37.9 Å². The number of carbonyl (C=O) groups is 1. The minimum atomic E-state index is -0.493. The molecule has 0 radical (unpaired) electrons. The fourth-order valence-electron chi connectivity index (χ4n) is 2.38. The second kappa shape index (κ2) is 13.7. The van der Waals surface area contributed by atoms with Gasteiger partial charge in [0.1, 0.15) is 5.75 Å². The highest BCUT2D eigenvalue weighted by Crippen LogP contribution is 2.15. The molecule has 0 heterocycles. The number of ether oxygens (including phenoxy) is 1. The normalized spacial score (nSPS) is 10.9. The van der Waals surface area contributed by atoms with Crippen molar-refractivity contribution in [3.8, 4) is 5.75 Å². The van der Waals surface area contributed by atoms with Gasteiger partial charge in [0.05, 0.1) is 13.1 Å². The Morgan fingerprint density at radius 1 is 1.00 bits per heavy atom. The number of nitrogens with zero attached hydrogens (tertiary/aromatic N) is 2. The number of nitrogens with one attached hydrogen (secondary N) is 1. The largest absolute Gasteiger partial charge is 0.412 e. The van der Waals surface area contributed by atoms with Crippen molar-refractivity contribution in [2.24, 2.45) is 15.9 Å². The Morgan fingerprint density at radius 3 is 2.32 bits per heavy atom. The van der Waals surface area contributed by atoms with Crippen LogP contribution < -0.4 is 10.1 Å². The van der Waals surface area contributed by atoms with Crippen molar-refractivity contribution in [1.29, 1.82) is 0 Å². The number of carbonyl (C=O) groups excluding carboxylic acids is 3. The van der Waals surface area contributed by atoms with E-state index in [2.05, 4.69) is 15.3 Å². The summed E-state index contributed by atoms with van der Waals surface area (Å²) in [5, 5.41) is 2.77. The van der Waals surface area contributed by atoms with Gasteiger partial charge in [-0.2, -0.15) is 0 Å². The van der Waals surface area contributed by atoms with Crippen molar-refractivity contribution in [1.82, 2.24) is 5.32 Å². The minimum absolute atomic E-state index is 0.241. The highest BCUT2D eigenvalue weighted by molar-refractivity contribution is 5.70. The zero-order valence-corrected chi connectivity index (χ0v) is 14.1. The Labute approximate surface area is 147 Å². The van der Waals surface area contributed by atoms with Crippen LogP contribution >= 0.6 is 0 Å². The number of benzene rings is 1. The second-order valence-corrected chi connectivity index (χ2v) is 5.53. The van der Waals surface area contributed by atoms with Gasteiger partial charge in [0.25, 0.3) is 0 Å². The van der Waals surface area contributed by atoms with Crippen LogP contribution in [0.2, 0.25) is 0 Å². The van der Waals surface area contributed by atoms with Gasteiger partial charge < -0.3 is 10.1 Å². The van der Waals surface area contributed by atoms with E-state index in [0.29, 0.717) is 25.4 Å². The molecule has 0 aliphatic rings. The van der Waals surface area contributed by atoms with E-state index in [1.807, 2.05) is 6.07 Å². The highest BCUT2D eigenvalue weighted by Gasteiger charge is 2.11. The summed E-state index contributed by atoms with van der Waals surface area (Å²) in [6.07, 6.45) is 6.70. The summed E-state index contributed by atoms with van der Waals surface area (Å²) in [6, 6.07) is 8.85. The summed E-state index contributed by atoms with van der Waals surface area (Å²) in [6.45, 7) is 1.38. The Morgan fingerprint density at radius 2 is 1.64 bits per heavy atom. The molecule has 0 aliphatic carbocycles. The highest BCUT2D eigenvalue weighted by atomic mass is 16.6. The van der Waals surface area contributed by atoms with Crippen molar-refractivity contribution in [3.63, 3.8) is 0 Å². The monoisotopic (exact) mass is 345 g/mol. The van der Waals surface area contributed by atoms with Crippen molar-refractivity contribution in [2.45, 2.75) is 32.1 Å². The van der Waals surface area contributed by atoms with Crippen molar-refractivity contribution >= 4 is 18.3 Å². The fourth-order valence-corrected chi connectivity index (χ4v) is 2.38. The van der Waals surface area contributed by atoms with Crippen LogP contribution in [0.15, 0.2) is 40.3 Å². The van der Waals surface area contributed by atoms with Gasteiger partial charge in [-0.05, 0) is 43.7 Å². The molecule has 0 saturated carbocycles. The first-order chi connectivity index (χ1) is 12.3. The van der Waals surface area contributed by atoms with Crippen LogP contribution in [0, 0.1) is 5.92 Å². The molecule has 0 fully saturated rings. The first kappa shape index (κ1) is 20.3. The molecule has 1 unspecified atom stereocenters. The van der Waals surface area contributed by atoms with E-state index >= 15 is 0 Å². The molecule has 1 N–H and O–H groups in total. The average molecular weight is 345 g/mol. The Bertz CT molecular complexity index is 594. The van der Waals surface area contributed by atoms with E-state index in [4.69, 9.17) is 4.74 Å². The van der Waals surface area contributed by atoms with Gasteiger partial charge in [-0.25, -0.2) is 24.4 Å². The molecule has 1 rings (SSSR count). The van der Waals surface area contributed by atoms with Crippen LogP contribution in [0.1, 0.15) is 32.1 Å². The lowest BCUT2D eigenvalue weighted by atomic mass is 9.96. The quantitative estimate of drug-likeness (QED) is 0.358. The maximum atomic E-state index is 11.8. The summed E-state index contributed by atoms with van der Waals surface area (Å²) in [4.78, 5) is 39.1. The topological polar surface area (TPSA) is 97.2 Å². The third-order valence-corrected chi connectivity index (χ3v) is 3.63. The molecule has 1 aromatic carbocycles. The van der Waals surface area contributed by atoms with Crippen LogP contribution in [-0.2, 0) is 9.59 Å². The number of rotatable bonds is 12. The van der Waals surface area contributed by atoms with Gasteiger partial charge in [0.15, 0.2) is 0 Å². The second-order valence-electron chi connectivity index (χ2n) is 5.53. The first-order valence-electron chi connectivity index (χ1n) is 8.34. The SMILES string of the molecule is O=C=NCCCCC(CCCN=C=O)CNC(=O)Oc1ccccc1. The lowest BCUT2D eigenvalue weighted by Crippen LogP contribution is -2.32. The lowest BCUT2D eigenvalue weighted by molar-refractivity contribution is 0.197. The van der Waals surface area contributed by atoms with Crippen molar-refractivity contribution in [3.05, 3.63) is 30.3 Å². The number of hydrogen-bond acceptors (Lipinski definition) is 6. The third-order valence-electron chi connectivity index (χ3n) is 3.63. The number of para-hydroxylation sites is 1. The Hall–Kier alpha value is -2.75. The molecule has 0 bridgehead atoms. The van der Waals surface area contributed by atoms with Crippen molar-refractivity contribution in [2.75, 3.05) is 19.6 Å². The molecule has 1 aromatic rings. The molecule has 1 amide bonds. The van der Waals surface area contributed by atoms with Gasteiger partial charge >= 0.3 is 6.09 Å². The van der Waals surface area contributed by atoms with Gasteiger partial charge in [0.2, 0.25) is 12.2 Å². The minimum Gasteiger partial charge on any atom is -0.410 e. The molecular formula is C18H23N3O4. The number of aliphatic imine (C=N–C) groups is 2. The zero-order chi connectivity index (χ0) is 18.2. The molecule has 134 valence electrons. The standard InChI is InChI=1S/C18H23N3O4/c22-14-19-11-5-4-7-16(8-6-12-20-15-23)13-21-18(24)25-17-9-2-1-3-10-17/h1-3,9-10,16H,4-8,11-13H2,(H,21,24). The maximum absolute atomic E-state index is 11.8. The predicted octanol–water partition coefficient (Wildman–Crippen LogP) is 3.01. The fraction of sp³-hybridized carbons (Fsp3) is 0.500. The van der Waals surface area contributed by atoms with Gasteiger partial charge in [0, 0.05) is 6.54 Å². The average Bonchev–Trinajstić information content (AvgIpc) is 2.63. The van der Waals surface area contributed by atoms with E-state index < -0.39 is 6.09 Å². The maximum Gasteiger partial charge on any atom is 0.412 e. The van der Waals surface area contributed by atoms with Gasteiger partial charge in [-0.3, -0.25) is 0 Å². The summed E-state index contributed by atoms with van der Waals surface area (Å²) in [7, 11) is 0. The molecule has 0 saturated heterocycles. The van der Waals surface area contributed by atoms with Gasteiger partial charge in [-0.1, -0.05) is 24.6 Å². The molecular weight excluding hydrogens is 322 g/mol. The summed E-state index contributed by atoms with van der Waals surface area (Å²) < 4.78 is 5.19. The number of amides is 1. The molecule has 1 atom stereocenters. The molecule has 0 spiro atoms. The van der Waals surface area contributed by atoms with Crippen LogP contribution in [0.4, 0.5) is 4.79 Å². The summed E-state index contributed by atoms with van der Waals surface area (Å²) in [5.41, 5.74) is 0. The molecule has 7 heteroatoms. The van der Waals surface area contributed by atoms with Gasteiger partial charge in [-0.15, -0.1) is 0 Å². The Balaban J connectivity index is 2.37. The number of unbranched alkanes of at least 4 members (excludes halogenated alkanes) is 1. The van der Waals surface area contributed by atoms with Crippen molar-refractivity contribution < 1.29 is 19.1 Å². The van der Waals surface area contributed by atoms with E-state index in [0.717, 1.165) is 32.1 Å². The molecule has 7 nitrogen and oxygen atoms in total.